The Bertz CT molecular complexity index is 447. The molecule has 18 heavy (non-hydrogen) atoms. The number of carbonyl (C=O) groups is 2. The number of carboxylic acid groups (broad SMARTS) is 1. The Labute approximate surface area is 106 Å². The Morgan fingerprint density at radius 3 is 2.67 bits per heavy atom. The normalized spacial score (nSPS) is 20.1. The van der Waals surface area contributed by atoms with Crippen molar-refractivity contribution in [2.75, 3.05) is 25.0 Å². The van der Waals surface area contributed by atoms with Gasteiger partial charge >= 0.3 is 5.97 Å². The molecular formula is C13H16N2O3. The first kappa shape index (κ1) is 12.4. The first-order valence-electron chi connectivity index (χ1n) is 5.85. The molecule has 1 aromatic carbocycles. The van der Waals surface area contributed by atoms with Gasteiger partial charge < -0.3 is 14.9 Å². The number of hydrogen-bond donors (Lipinski definition) is 1. The number of piperazine rings is 1. The molecule has 0 radical (unpaired) electrons. The van der Waals surface area contributed by atoms with Crippen LogP contribution >= 0.6 is 0 Å². The van der Waals surface area contributed by atoms with Crippen LogP contribution in [0.4, 0.5) is 5.69 Å². The number of likely N-dealkylation sites (N-methyl/N-ethyl adjacent to an activating group) is 1. The highest BCUT2D eigenvalue weighted by molar-refractivity contribution is 5.83. The summed E-state index contributed by atoms with van der Waals surface area (Å²) in [5.41, 5.74) is 0.894. The average Bonchev–Trinajstić information content (AvgIpc) is 2.34. The van der Waals surface area contributed by atoms with E-state index in [1.54, 1.807) is 11.9 Å². The lowest BCUT2D eigenvalue weighted by Crippen LogP contribution is -2.55. The quantitative estimate of drug-likeness (QED) is 0.860. The lowest BCUT2D eigenvalue weighted by atomic mass is 10.1. The molecule has 96 valence electrons. The minimum absolute atomic E-state index is 0.0143. The van der Waals surface area contributed by atoms with E-state index in [4.69, 9.17) is 5.11 Å². The highest BCUT2D eigenvalue weighted by atomic mass is 16.4. The maximum Gasteiger partial charge on any atom is 0.305 e. The average molecular weight is 248 g/mol. The molecule has 1 fully saturated rings. The minimum atomic E-state index is -0.844. The fourth-order valence-electron chi connectivity index (χ4n) is 2.21. The zero-order chi connectivity index (χ0) is 13.1. The molecule has 2 rings (SSSR count). The fourth-order valence-corrected chi connectivity index (χ4v) is 2.21. The van der Waals surface area contributed by atoms with E-state index in [1.165, 1.54) is 0 Å². The third-order valence-electron chi connectivity index (χ3n) is 3.15. The molecule has 0 saturated carbocycles. The third kappa shape index (κ3) is 2.61. The van der Waals surface area contributed by atoms with Crippen LogP contribution in [-0.2, 0) is 9.59 Å². The molecule has 1 aliphatic heterocycles. The van der Waals surface area contributed by atoms with Gasteiger partial charge in [-0.15, -0.1) is 0 Å². The summed E-state index contributed by atoms with van der Waals surface area (Å²) in [5, 5.41) is 8.95. The molecule has 0 spiro atoms. The van der Waals surface area contributed by atoms with Crippen molar-refractivity contribution in [3.63, 3.8) is 0 Å². The maximum atomic E-state index is 11.7. The lowest BCUT2D eigenvalue weighted by molar-refractivity contribution is -0.139. The van der Waals surface area contributed by atoms with Crippen LogP contribution in [0.3, 0.4) is 0 Å². The molecule has 0 bridgehead atoms. The number of aliphatic carboxylic acids is 1. The van der Waals surface area contributed by atoms with Gasteiger partial charge in [0.05, 0.1) is 19.0 Å². The van der Waals surface area contributed by atoms with Crippen molar-refractivity contribution in [1.29, 1.82) is 0 Å². The topological polar surface area (TPSA) is 60.9 Å². The van der Waals surface area contributed by atoms with Crippen LogP contribution in [0.2, 0.25) is 0 Å². The summed E-state index contributed by atoms with van der Waals surface area (Å²) < 4.78 is 0. The van der Waals surface area contributed by atoms with Gasteiger partial charge in [-0.2, -0.15) is 0 Å². The molecule has 5 nitrogen and oxygen atoms in total. The summed E-state index contributed by atoms with van der Waals surface area (Å²) in [6.07, 6.45) is 0.0342. The summed E-state index contributed by atoms with van der Waals surface area (Å²) in [6.45, 7) is 0.679. The molecular weight excluding hydrogens is 232 g/mol. The van der Waals surface area contributed by atoms with Gasteiger partial charge in [0.1, 0.15) is 0 Å². The van der Waals surface area contributed by atoms with Crippen molar-refractivity contribution < 1.29 is 14.7 Å². The van der Waals surface area contributed by atoms with Gasteiger partial charge in [0.25, 0.3) is 0 Å². The molecule has 1 aliphatic rings. The summed E-state index contributed by atoms with van der Waals surface area (Å²) in [6, 6.07) is 9.29. The zero-order valence-corrected chi connectivity index (χ0v) is 10.2. The van der Waals surface area contributed by atoms with E-state index in [-0.39, 0.29) is 24.9 Å². The van der Waals surface area contributed by atoms with Gasteiger partial charge in [0.2, 0.25) is 5.91 Å². The zero-order valence-electron chi connectivity index (χ0n) is 10.2. The van der Waals surface area contributed by atoms with Gasteiger partial charge in [-0.3, -0.25) is 9.59 Å². The van der Waals surface area contributed by atoms with Gasteiger partial charge in [0.15, 0.2) is 0 Å². The predicted octanol–water partition coefficient (Wildman–Crippen LogP) is 0.808. The van der Waals surface area contributed by atoms with Gasteiger partial charge in [0, 0.05) is 19.3 Å². The third-order valence-corrected chi connectivity index (χ3v) is 3.15. The van der Waals surface area contributed by atoms with Gasteiger partial charge in [-0.1, -0.05) is 18.2 Å². The smallest absolute Gasteiger partial charge is 0.305 e. The summed E-state index contributed by atoms with van der Waals surface area (Å²) >= 11 is 0. The standard InChI is InChI=1S/C13H16N2O3/c1-14-8-11(7-13(17)18)15(9-12(14)16)10-5-3-2-4-6-10/h2-6,11H,7-9H2,1H3,(H,17,18). The Kier molecular flexibility index (Phi) is 3.50. The fraction of sp³-hybridized carbons (Fsp3) is 0.385. The predicted molar refractivity (Wildman–Crippen MR) is 67.5 cm³/mol. The van der Waals surface area contributed by atoms with Crippen LogP contribution in [0.1, 0.15) is 6.42 Å². The van der Waals surface area contributed by atoms with Crippen molar-refractivity contribution in [2.24, 2.45) is 0 Å². The molecule has 1 saturated heterocycles. The van der Waals surface area contributed by atoms with E-state index < -0.39 is 5.97 Å². The number of amides is 1. The number of para-hydroxylation sites is 1. The van der Waals surface area contributed by atoms with E-state index in [9.17, 15) is 9.59 Å². The molecule has 5 heteroatoms. The first-order chi connectivity index (χ1) is 8.58. The van der Waals surface area contributed by atoms with Crippen LogP contribution < -0.4 is 4.90 Å². The van der Waals surface area contributed by atoms with Gasteiger partial charge in [-0.25, -0.2) is 0 Å². The molecule has 1 atom stereocenters. The minimum Gasteiger partial charge on any atom is -0.481 e. The summed E-state index contributed by atoms with van der Waals surface area (Å²) in [5.74, 6) is -0.829. The molecule has 1 unspecified atom stereocenters. The summed E-state index contributed by atoms with van der Waals surface area (Å²) in [7, 11) is 1.71. The Morgan fingerprint density at radius 2 is 2.06 bits per heavy atom. The van der Waals surface area contributed by atoms with Crippen LogP contribution in [0.15, 0.2) is 30.3 Å². The van der Waals surface area contributed by atoms with Crippen LogP contribution in [0.25, 0.3) is 0 Å². The van der Waals surface area contributed by atoms with E-state index in [0.717, 1.165) is 5.69 Å². The van der Waals surface area contributed by atoms with E-state index >= 15 is 0 Å². The van der Waals surface area contributed by atoms with Gasteiger partial charge in [-0.05, 0) is 12.1 Å². The monoisotopic (exact) mass is 248 g/mol. The largest absolute Gasteiger partial charge is 0.481 e. The second-order valence-electron chi connectivity index (χ2n) is 4.49. The molecule has 1 aromatic rings. The van der Waals surface area contributed by atoms with Crippen LogP contribution in [-0.4, -0.2) is 48.1 Å². The van der Waals surface area contributed by atoms with Crippen molar-refractivity contribution in [2.45, 2.75) is 12.5 Å². The highest BCUT2D eigenvalue weighted by Gasteiger charge is 2.31. The second kappa shape index (κ2) is 5.08. The highest BCUT2D eigenvalue weighted by Crippen LogP contribution is 2.22. The van der Waals surface area contributed by atoms with Crippen molar-refractivity contribution in [1.82, 2.24) is 4.90 Å². The Balaban J connectivity index is 2.23. The molecule has 0 aliphatic carbocycles. The molecule has 1 amide bonds. The maximum absolute atomic E-state index is 11.7. The van der Waals surface area contributed by atoms with Crippen molar-refractivity contribution in [3.05, 3.63) is 30.3 Å². The Morgan fingerprint density at radius 1 is 1.39 bits per heavy atom. The number of carboxylic acids is 1. The Hall–Kier alpha value is -2.04. The van der Waals surface area contributed by atoms with Crippen molar-refractivity contribution in [3.8, 4) is 0 Å². The number of hydrogen-bond acceptors (Lipinski definition) is 3. The number of benzene rings is 1. The number of carbonyl (C=O) groups excluding carboxylic acids is 1. The second-order valence-corrected chi connectivity index (χ2v) is 4.49. The number of nitrogens with zero attached hydrogens (tertiary/aromatic N) is 2. The van der Waals surface area contributed by atoms with E-state index in [2.05, 4.69) is 0 Å². The number of anilines is 1. The molecule has 1 heterocycles. The number of rotatable bonds is 3. The first-order valence-corrected chi connectivity index (χ1v) is 5.85. The van der Waals surface area contributed by atoms with Crippen LogP contribution in [0, 0.1) is 0 Å². The van der Waals surface area contributed by atoms with E-state index in [1.807, 2.05) is 35.2 Å². The van der Waals surface area contributed by atoms with Crippen LogP contribution in [0.5, 0.6) is 0 Å². The summed E-state index contributed by atoms with van der Waals surface area (Å²) in [4.78, 5) is 26.1. The SMILES string of the molecule is CN1CC(CC(=O)O)N(c2ccccc2)CC1=O. The van der Waals surface area contributed by atoms with Crippen molar-refractivity contribution >= 4 is 17.6 Å². The van der Waals surface area contributed by atoms with E-state index in [0.29, 0.717) is 6.54 Å². The molecule has 1 N–H and O–H groups in total. The molecule has 0 aromatic heterocycles. The lowest BCUT2D eigenvalue weighted by Gasteiger charge is -2.40.